The predicted molar refractivity (Wildman–Crippen MR) is 101 cm³/mol. The monoisotopic (exact) mass is 358 g/mol. The fraction of sp³-hybridized carbons (Fsp3) is 0.619. The Balaban J connectivity index is 1.57. The Morgan fingerprint density at radius 1 is 1.27 bits per heavy atom. The Hall–Kier alpha value is -2.04. The lowest BCUT2D eigenvalue weighted by atomic mass is 9.70. The van der Waals surface area contributed by atoms with E-state index in [1.165, 1.54) is 0 Å². The Morgan fingerprint density at radius 2 is 2.00 bits per heavy atom. The number of carbonyl (C=O) groups excluding carboxylic acids is 2. The maximum Gasteiger partial charge on any atom is 0.251 e. The van der Waals surface area contributed by atoms with Gasteiger partial charge in [-0.25, -0.2) is 0 Å². The molecule has 142 valence electrons. The Kier molecular flexibility index (Phi) is 5.84. The predicted octanol–water partition coefficient (Wildman–Crippen LogP) is 3.29. The molecule has 0 spiro atoms. The van der Waals surface area contributed by atoms with Crippen molar-refractivity contribution in [2.45, 2.75) is 71.1 Å². The third kappa shape index (κ3) is 4.37. The van der Waals surface area contributed by atoms with Gasteiger partial charge < -0.3 is 15.4 Å². The molecule has 2 amide bonds. The highest BCUT2D eigenvalue weighted by Gasteiger charge is 2.40. The van der Waals surface area contributed by atoms with Crippen molar-refractivity contribution in [3.8, 4) is 5.75 Å². The topological polar surface area (TPSA) is 67.4 Å². The first kappa shape index (κ1) is 18.7. The molecule has 1 aliphatic heterocycles. The highest BCUT2D eigenvalue weighted by atomic mass is 16.5. The summed E-state index contributed by atoms with van der Waals surface area (Å²) < 4.78 is 5.62. The second-order valence-electron chi connectivity index (χ2n) is 7.88. The lowest BCUT2D eigenvalue weighted by Gasteiger charge is -2.44. The van der Waals surface area contributed by atoms with Crippen molar-refractivity contribution < 1.29 is 14.3 Å². The average molecular weight is 358 g/mol. The van der Waals surface area contributed by atoms with Crippen molar-refractivity contribution in [3.63, 3.8) is 0 Å². The van der Waals surface area contributed by atoms with Gasteiger partial charge in [0.05, 0.1) is 6.10 Å². The fourth-order valence-corrected chi connectivity index (χ4v) is 4.38. The number of rotatable bonds is 5. The summed E-state index contributed by atoms with van der Waals surface area (Å²) in [4.78, 5) is 24.5. The van der Waals surface area contributed by atoms with Gasteiger partial charge in [0, 0.05) is 24.1 Å². The van der Waals surface area contributed by atoms with Crippen molar-refractivity contribution in [2.75, 3.05) is 0 Å². The van der Waals surface area contributed by atoms with Gasteiger partial charge in [-0.05, 0) is 69.2 Å². The van der Waals surface area contributed by atoms with Crippen LogP contribution in [-0.4, -0.2) is 30.0 Å². The largest absolute Gasteiger partial charge is 0.491 e. The number of hydrogen-bond acceptors (Lipinski definition) is 3. The second-order valence-corrected chi connectivity index (χ2v) is 7.88. The molecule has 2 fully saturated rings. The SMILES string of the molecule is CCC1CC(=O)NC2CC(NC(=O)c3ccc(OC(C)C)cc3)CCC12. The van der Waals surface area contributed by atoms with Crippen LogP contribution in [0.2, 0.25) is 0 Å². The molecule has 0 bridgehead atoms. The minimum atomic E-state index is -0.0567. The van der Waals surface area contributed by atoms with Crippen molar-refractivity contribution >= 4 is 11.8 Å². The second kappa shape index (κ2) is 8.11. The van der Waals surface area contributed by atoms with E-state index >= 15 is 0 Å². The molecule has 5 nitrogen and oxygen atoms in total. The molecule has 3 rings (SSSR count). The summed E-state index contributed by atoms with van der Waals surface area (Å²) in [6.45, 7) is 6.12. The zero-order valence-electron chi connectivity index (χ0n) is 16.0. The van der Waals surface area contributed by atoms with E-state index in [1.807, 2.05) is 26.0 Å². The third-order valence-corrected chi connectivity index (χ3v) is 5.65. The minimum Gasteiger partial charge on any atom is -0.491 e. The maximum atomic E-state index is 12.6. The Bertz CT molecular complexity index is 641. The van der Waals surface area contributed by atoms with Gasteiger partial charge in [0.15, 0.2) is 0 Å². The number of carbonyl (C=O) groups is 2. The number of piperidine rings is 1. The number of hydrogen-bond donors (Lipinski definition) is 2. The molecule has 1 saturated heterocycles. The quantitative estimate of drug-likeness (QED) is 0.849. The summed E-state index contributed by atoms with van der Waals surface area (Å²) in [5, 5.41) is 6.29. The van der Waals surface area contributed by atoms with Crippen LogP contribution in [-0.2, 0) is 4.79 Å². The number of fused-ring (bicyclic) bond motifs is 1. The molecule has 2 N–H and O–H groups in total. The molecule has 5 heteroatoms. The van der Waals surface area contributed by atoms with Crippen LogP contribution in [0.5, 0.6) is 5.75 Å². The highest BCUT2D eigenvalue weighted by Crippen LogP contribution is 2.37. The van der Waals surface area contributed by atoms with Gasteiger partial charge in [0.1, 0.15) is 5.75 Å². The van der Waals surface area contributed by atoms with E-state index in [2.05, 4.69) is 17.6 Å². The zero-order chi connectivity index (χ0) is 18.7. The smallest absolute Gasteiger partial charge is 0.251 e. The lowest BCUT2D eigenvalue weighted by Crippen LogP contribution is -2.55. The van der Waals surface area contributed by atoms with Crippen molar-refractivity contribution in [1.82, 2.24) is 10.6 Å². The molecule has 1 saturated carbocycles. The van der Waals surface area contributed by atoms with Crippen LogP contribution in [0.4, 0.5) is 0 Å². The summed E-state index contributed by atoms with van der Waals surface area (Å²) in [5.41, 5.74) is 0.641. The molecule has 0 radical (unpaired) electrons. The van der Waals surface area contributed by atoms with Gasteiger partial charge in [0.2, 0.25) is 5.91 Å². The first-order valence-electron chi connectivity index (χ1n) is 9.83. The molecule has 1 aliphatic carbocycles. The average Bonchev–Trinajstić information content (AvgIpc) is 2.60. The molecular formula is C21H30N2O3. The van der Waals surface area contributed by atoms with Crippen molar-refractivity contribution in [2.24, 2.45) is 11.8 Å². The van der Waals surface area contributed by atoms with Crippen LogP contribution in [0, 0.1) is 11.8 Å². The molecule has 2 aliphatic rings. The summed E-state index contributed by atoms with van der Waals surface area (Å²) in [6.07, 6.45) is 4.69. The van der Waals surface area contributed by atoms with Gasteiger partial charge in [-0.1, -0.05) is 13.3 Å². The lowest BCUT2D eigenvalue weighted by molar-refractivity contribution is -0.127. The third-order valence-electron chi connectivity index (χ3n) is 5.65. The minimum absolute atomic E-state index is 0.0567. The zero-order valence-corrected chi connectivity index (χ0v) is 16.0. The number of nitrogens with one attached hydrogen (secondary N) is 2. The summed E-state index contributed by atoms with van der Waals surface area (Å²) in [5.74, 6) is 1.91. The molecule has 1 aromatic carbocycles. The van der Waals surface area contributed by atoms with E-state index in [4.69, 9.17) is 4.74 Å². The maximum absolute atomic E-state index is 12.6. The van der Waals surface area contributed by atoms with Crippen LogP contribution >= 0.6 is 0 Å². The highest BCUT2D eigenvalue weighted by molar-refractivity contribution is 5.94. The van der Waals surface area contributed by atoms with E-state index in [9.17, 15) is 9.59 Å². The Labute approximate surface area is 155 Å². The van der Waals surface area contributed by atoms with Crippen LogP contribution in [0.15, 0.2) is 24.3 Å². The van der Waals surface area contributed by atoms with Gasteiger partial charge in [0.25, 0.3) is 5.91 Å². The van der Waals surface area contributed by atoms with Gasteiger partial charge in [-0.3, -0.25) is 9.59 Å². The van der Waals surface area contributed by atoms with Crippen LogP contribution in [0.25, 0.3) is 0 Å². The van der Waals surface area contributed by atoms with Crippen LogP contribution in [0.3, 0.4) is 0 Å². The van der Waals surface area contributed by atoms with E-state index in [0.29, 0.717) is 23.8 Å². The van der Waals surface area contributed by atoms with E-state index in [0.717, 1.165) is 31.4 Å². The van der Waals surface area contributed by atoms with Gasteiger partial charge in [-0.2, -0.15) is 0 Å². The standard InChI is InChI=1S/C21H30N2O3/c1-4-14-11-20(24)23-19-12-16(7-10-18(14)19)22-21(25)15-5-8-17(9-6-15)26-13(2)3/h5-6,8-9,13-14,16,18-19H,4,7,10-12H2,1-3H3,(H,22,25)(H,23,24). The number of amides is 2. The molecule has 4 atom stereocenters. The van der Waals surface area contributed by atoms with Crippen molar-refractivity contribution in [3.05, 3.63) is 29.8 Å². The van der Waals surface area contributed by atoms with E-state index in [-0.39, 0.29) is 30.0 Å². The molecule has 0 aromatic heterocycles. The number of benzene rings is 1. The van der Waals surface area contributed by atoms with Crippen LogP contribution in [0.1, 0.15) is 63.2 Å². The first-order valence-corrected chi connectivity index (χ1v) is 9.83. The summed E-state index contributed by atoms with van der Waals surface area (Å²) in [6, 6.07) is 7.58. The molecule has 1 heterocycles. The molecular weight excluding hydrogens is 328 g/mol. The summed E-state index contributed by atoms with van der Waals surface area (Å²) in [7, 11) is 0. The molecule has 4 unspecified atom stereocenters. The van der Waals surface area contributed by atoms with Gasteiger partial charge >= 0.3 is 0 Å². The number of ether oxygens (including phenoxy) is 1. The molecule has 26 heavy (non-hydrogen) atoms. The van der Waals surface area contributed by atoms with Crippen molar-refractivity contribution in [1.29, 1.82) is 0 Å². The first-order chi connectivity index (χ1) is 12.5. The van der Waals surface area contributed by atoms with E-state index < -0.39 is 0 Å². The Morgan fingerprint density at radius 3 is 2.65 bits per heavy atom. The molecule has 1 aromatic rings. The van der Waals surface area contributed by atoms with Crippen LogP contribution < -0.4 is 15.4 Å². The normalized spacial score (nSPS) is 28.2. The fourth-order valence-electron chi connectivity index (χ4n) is 4.38. The summed E-state index contributed by atoms with van der Waals surface area (Å²) >= 11 is 0. The van der Waals surface area contributed by atoms with E-state index in [1.54, 1.807) is 12.1 Å². The van der Waals surface area contributed by atoms with Gasteiger partial charge in [-0.15, -0.1) is 0 Å².